The van der Waals surface area contributed by atoms with Crippen LogP contribution in [0.25, 0.3) is 0 Å². The summed E-state index contributed by atoms with van der Waals surface area (Å²) in [4.78, 5) is 35.8. The van der Waals surface area contributed by atoms with E-state index in [-0.39, 0.29) is 6.09 Å². The van der Waals surface area contributed by atoms with Gasteiger partial charge in [-0.1, -0.05) is 24.3 Å². The highest BCUT2D eigenvalue weighted by atomic mass is 127. The number of amides is 1. The maximum absolute atomic E-state index is 12.0. The van der Waals surface area contributed by atoms with E-state index in [0.717, 1.165) is 26.1 Å². The van der Waals surface area contributed by atoms with Crippen LogP contribution < -0.4 is 5.32 Å². The molecule has 244 valence electrons. The number of halogens is 2. The Labute approximate surface area is 289 Å². The van der Waals surface area contributed by atoms with Crippen molar-refractivity contribution in [2.75, 3.05) is 13.1 Å². The van der Waals surface area contributed by atoms with Crippen molar-refractivity contribution in [3.05, 3.63) is 65.8 Å². The maximum Gasteiger partial charge on any atom is 0.519 e. The summed E-state index contributed by atoms with van der Waals surface area (Å²) >= 11 is 4.77. The molecule has 11 heteroatoms. The number of ether oxygens (including phenoxy) is 4. The molecule has 2 heterocycles. The summed E-state index contributed by atoms with van der Waals surface area (Å²) in [5.41, 5.74) is 3.81. The highest BCUT2D eigenvalue weighted by Crippen LogP contribution is 2.25. The fraction of sp³-hybridized carbons (Fsp3) is 0.545. The van der Waals surface area contributed by atoms with Crippen LogP contribution in [0.15, 0.2) is 36.4 Å². The van der Waals surface area contributed by atoms with E-state index in [1.165, 1.54) is 30.3 Å². The number of hydrogen-bond donors (Lipinski definition) is 1. The third kappa shape index (κ3) is 14.3. The minimum Gasteiger partial charge on any atom is -0.444 e. The summed E-state index contributed by atoms with van der Waals surface area (Å²) in [5, 5.41) is 3.36. The Morgan fingerprint density at radius 3 is 1.66 bits per heavy atom. The van der Waals surface area contributed by atoms with Gasteiger partial charge in [0.2, 0.25) is 0 Å². The van der Waals surface area contributed by atoms with Gasteiger partial charge in [-0.2, -0.15) is 0 Å². The SMILES string of the molecule is CC(C)(C)OC(=O)N1CCc2c(I)cccc2C1.CC(C)(C)OC(=O)OC(=O)OC(C)(C)C.Ic1cccc2c1CCNC2. The van der Waals surface area contributed by atoms with Crippen LogP contribution in [0, 0.1) is 7.14 Å². The molecule has 0 aromatic heterocycles. The van der Waals surface area contributed by atoms with E-state index < -0.39 is 29.1 Å². The largest absolute Gasteiger partial charge is 0.519 e. The lowest BCUT2D eigenvalue weighted by atomic mass is 10.0. The van der Waals surface area contributed by atoms with E-state index in [2.05, 4.69) is 85.6 Å². The number of fused-ring (bicyclic) bond motifs is 2. The van der Waals surface area contributed by atoms with Gasteiger partial charge < -0.3 is 29.2 Å². The van der Waals surface area contributed by atoms with Crippen molar-refractivity contribution in [2.24, 2.45) is 0 Å². The van der Waals surface area contributed by atoms with Crippen molar-refractivity contribution in [1.29, 1.82) is 0 Å². The average Bonchev–Trinajstić information content (AvgIpc) is 2.86. The monoisotopic (exact) mass is 836 g/mol. The summed E-state index contributed by atoms with van der Waals surface area (Å²) < 4.78 is 21.9. The molecule has 0 saturated heterocycles. The fourth-order valence-corrected chi connectivity index (χ4v) is 5.79. The molecule has 0 atom stereocenters. The van der Waals surface area contributed by atoms with E-state index in [9.17, 15) is 14.4 Å². The van der Waals surface area contributed by atoms with Crippen LogP contribution in [0.2, 0.25) is 0 Å². The molecule has 2 aromatic rings. The molecule has 2 aromatic carbocycles. The van der Waals surface area contributed by atoms with Crippen molar-refractivity contribution in [3.63, 3.8) is 0 Å². The maximum atomic E-state index is 12.0. The molecule has 2 aliphatic heterocycles. The molecule has 0 radical (unpaired) electrons. The first-order valence-corrected chi connectivity index (χ1v) is 16.7. The number of hydrogen-bond acceptors (Lipinski definition) is 8. The van der Waals surface area contributed by atoms with Crippen LogP contribution in [0.3, 0.4) is 0 Å². The van der Waals surface area contributed by atoms with Crippen LogP contribution in [0.5, 0.6) is 0 Å². The quantitative estimate of drug-likeness (QED) is 0.122. The minimum absolute atomic E-state index is 0.216. The van der Waals surface area contributed by atoms with Crippen LogP contribution in [-0.2, 0) is 44.9 Å². The molecule has 0 fully saturated rings. The predicted molar refractivity (Wildman–Crippen MR) is 188 cm³/mol. The molecule has 9 nitrogen and oxygen atoms in total. The van der Waals surface area contributed by atoms with Crippen LogP contribution >= 0.6 is 45.2 Å². The van der Waals surface area contributed by atoms with Crippen molar-refractivity contribution in [2.45, 2.75) is 105 Å². The standard InChI is InChI=1S/C14H18INO2.C10H18O5.C9H10IN/c1-14(2,3)18-13(17)16-8-7-11-10(9-16)5-4-6-12(11)15;1-9(2,3)14-7(11)13-8(12)15-10(4,5)6;10-9-3-1-2-7-6-11-5-4-8(7)9/h4-6H,7-9H2,1-3H3;1-6H3;1-3,11H,4-6H2. The van der Waals surface area contributed by atoms with Crippen molar-refractivity contribution < 1.29 is 33.3 Å². The number of benzene rings is 2. The Balaban J connectivity index is 0.000000237. The van der Waals surface area contributed by atoms with Gasteiger partial charge in [-0.15, -0.1) is 0 Å². The number of carbonyl (C=O) groups excluding carboxylic acids is 3. The number of nitrogens with one attached hydrogen (secondary N) is 1. The molecule has 44 heavy (non-hydrogen) atoms. The molecule has 0 spiro atoms. The number of rotatable bonds is 0. The molecule has 0 bridgehead atoms. The third-order valence-corrected chi connectivity index (χ3v) is 7.91. The van der Waals surface area contributed by atoms with Gasteiger partial charge in [0, 0.05) is 26.8 Å². The number of nitrogens with zero attached hydrogens (tertiary/aromatic N) is 1. The molecule has 0 aliphatic carbocycles. The predicted octanol–water partition coefficient (Wildman–Crippen LogP) is 8.39. The lowest BCUT2D eigenvalue weighted by molar-refractivity contribution is -0.0294. The average molecular weight is 837 g/mol. The Kier molecular flexibility index (Phi) is 14.2. The Bertz CT molecular complexity index is 1270. The third-order valence-electron chi connectivity index (χ3n) is 5.89. The van der Waals surface area contributed by atoms with E-state index in [0.29, 0.717) is 6.54 Å². The van der Waals surface area contributed by atoms with E-state index in [1.54, 1.807) is 52.0 Å². The fourth-order valence-electron chi connectivity index (χ4n) is 4.14. The van der Waals surface area contributed by atoms with E-state index in [4.69, 9.17) is 14.2 Å². The van der Waals surface area contributed by atoms with Gasteiger partial charge in [0.05, 0.1) is 0 Å². The Hall–Kier alpha value is -2.13. The van der Waals surface area contributed by atoms with Crippen molar-refractivity contribution in [1.82, 2.24) is 10.2 Å². The van der Waals surface area contributed by atoms with Gasteiger partial charge in [-0.25, -0.2) is 14.4 Å². The second kappa shape index (κ2) is 16.4. The Morgan fingerprint density at radius 1 is 0.705 bits per heavy atom. The first-order valence-electron chi connectivity index (χ1n) is 14.6. The van der Waals surface area contributed by atoms with Crippen molar-refractivity contribution in [3.8, 4) is 0 Å². The molecule has 1 amide bonds. The molecule has 1 N–H and O–H groups in total. The van der Waals surface area contributed by atoms with Gasteiger partial charge in [-0.3, -0.25) is 0 Å². The van der Waals surface area contributed by atoms with Gasteiger partial charge in [0.25, 0.3) is 0 Å². The zero-order valence-corrected chi connectivity index (χ0v) is 31.6. The van der Waals surface area contributed by atoms with Crippen molar-refractivity contribution >= 4 is 63.6 Å². The topological polar surface area (TPSA) is 103 Å². The highest BCUT2D eigenvalue weighted by molar-refractivity contribution is 14.1. The van der Waals surface area contributed by atoms with Crippen LogP contribution in [0.1, 0.15) is 84.6 Å². The molecular formula is C33H46I2N2O7. The van der Waals surface area contributed by atoms with Gasteiger partial charge >= 0.3 is 18.4 Å². The highest BCUT2D eigenvalue weighted by Gasteiger charge is 2.26. The molecule has 0 unspecified atom stereocenters. The van der Waals surface area contributed by atoms with Gasteiger partial charge in [0.15, 0.2) is 0 Å². The summed E-state index contributed by atoms with van der Waals surface area (Å²) in [5.74, 6) is 0. The van der Waals surface area contributed by atoms with Crippen LogP contribution in [0.4, 0.5) is 14.4 Å². The summed E-state index contributed by atoms with van der Waals surface area (Å²) in [6.45, 7) is 19.3. The molecule has 2 aliphatic rings. The zero-order valence-electron chi connectivity index (χ0n) is 27.3. The van der Waals surface area contributed by atoms with Crippen LogP contribution in [-0.4, -0.2) is 53.2 Å². The molecule has 4 rings (SSSR count). The van der Waals surface area contributed by atoms with E-state index >= 15 is 0 Å². The molecule has 0 saturated carbocycles. The van der Waals surface area contributed by atoms with E-state index in [1.807, 2.05) is 26.8 Å². The van der Waals surface area contributed by atoms with Gasteiger partial charge in [0.1, 0.15) is 16.8 Å². The smallest absolute Gasteiger partial charge is 0.444 e. The lowest BCUT2D eigenvalue weighted by Crippen LogP contribution is -2.40. The lowest BCUT2D eigenvalue weighted by Gasteiger charge is -2.31. The normalized spacial score (nSPS) is 14.3. The number of carbonyl (C=O) groups is 3. The van der Waals surface area contributed by atoms with Gasteiger partial charge in [-0.05, 0) is 161 Å². The second-order valence-corrected chi connectivity index (χ2v) is 15.7. The zero-order chi connectivity index (χ0) is 33.3. The summed E-state index contributed by atoms with van der Waals surface area (Å²) in [7, 11) is 0. The summed E-state index contributed by atoms with van der Waals surface area (Å²) in [6.07, 6.45) is -0.234. The Morgan fingerprint density at radius 2 is 1.18 bits per heavy atom. The first-order chi connectivity index (χ1) is 20.2. The summed E-state index contributed by atoms with van der Waals surface area (Å²) in [6, 6.07) is 12.8. The molecular weight excluding hydrogens is 790 g/mol. The minimum atomic E-state index is -1.06. The second-order valence-electron chi connectivity index (χ2n) is 13.4. The first kappa shape index (κ1) is 38.1.